The molecule has 8 aromatic rings. The molecule has 1 nitrogen and oxygen atoms in total. The first-order valence-corrected chi connectivity index (χ1v) is 19.0. The Labute approximate surface area is 315 Å². The monoisotopic (exact) mass is 686 g/mol. The van der Waals surface area contributed by atoms with Crippen molar-refractivity contribution in [2.45, 2.75) is 24.7 Å². The maximum Gasteiger partial charge on any atom is 0.193 e. The molecule has 0 atom stereocenters. The molecule has 1 heteroatoms. The van der Waals surface area contributed by atoms with Gasteiger partial charge in [0.1, 0.15) is 0 Å². The van der Waals surface area contributed by atoms with Crippen LogP contribution < -0.4 is 0 Å². The average Bonchev–Trinajstić information content (AvgIpc) is 3.88. The van der Waals surface area contributed by atoms with Gasteiger partial charge in [-0.3, -0.25) is 4.79 Å². The number of rotatable bonds is 2. The molecule has 4 aliphatic carbocycles. The average molecular weight is 687 g/mol. The van der Waals surface area contributed by atoms with E-state index in [9.17, 15) is 0 Å². The number of benzene rings is 8. The van der Waals surface area contributed by atoms with Gasteiger partial charge in [0.15, 0.2) is 5.78 Å². The summed E-state index contributed by atoms with van der Waals surface area (Å²) in [7, 11) is 0. The molecule has 0 saturated carbocycles. The first-order valence-electron chi connectivity index (χ1n) is 19.0. The van der Waals surface area contributed by atoms with Gasteiger partial charge in [0.05, 0.1) is 10.8 Å². The maximum absolute atomic E-state index is 15.1. The summed E-state index contributed by atoms with van der Waals surface area (Å²) in [6, 6.07) is 62.1. The van der Waals surface area contributed by atoms with Crippen molar-refractivity contribution in [1.82, 2.24) is 0 Å². The van der Waals surface area contributed by atoms with Crippen molar-refractivity contribution in [3.8, 4) is 44.5 Å². The third-order valence-corrected chi connectivity index (χ3v) is 13.0. The molecule has 2 spiro atoms. The highest BCUT2D eigenvalue weighted by molar-refractivity contribution is 6.11. The first kappa shape index (κ1) is 29.9. The van der Waals surface area contributed by atoms with E-state index >= 15 is 4.79 Å². The Balaban J connectivity index is 1.08. The van der Waals surface area contributed by atoms with Gasteiger partial charge in [0.25, 0.3) is 0 Å². The van der Waals surface area contributed by atoms with Crippen molar-refractivity contribution in [1.29, 1.82) is 0 Å². The van der Waals surface area contributed by atoms with Gasteiger partial charge in [-0.15, -0.1) is 0 Å². The van der Waals surface area contributed by atoms with Crippen LogP contribution in [0.25, 0.3) is 44.5 Å². The summed E-state index contributed by atoms with van der Waals surface area (Å²) in [4.78, 5) is 15.1. The fourth-order valence-corrected chi connectivity index (χ4v) is 11.0. The van der Waals surface area contributed by atoms with Gasteiger partial charge in [-0.05, 0) is 115 Å². The molecule has 0 radical (unpaired) electrons. The second-order valence-electron chi connectivity index (χ2n) is 15.6. The molecule has 0 heterocycles. The number of hydrogen-bond acceptors (Lipinski definition) is 1. The second-order valence-corrected chi connectivity index (χ2v) is 15.6. The van der Waals surface area contributed by atoms with E-state index in [1.54, 1.807) is 0 Å². The van der Waals surface area contributed by atoms with Crippen molar-refractivity contribution in [3.05, 3.63) is 237 Å². The number of fused-ring (bicyclic) bond motifs is 20. The molecule has 0 amide bonds. The molecule has 0 unspecified atom stereocenters. The zero-order chi connectivity index (χ0) is 35.9. The van der Waals surface area contributed by atoms with Crippen molar-refractivity contribution in [3.63, 3.8) is 0 Å². The molecule has 0 saturated heterocycles. The molecular formula is C53H34O. The maximum atomic E-state index is 15.1. The van der Waals surface area contributed by atoms with Gasteiger partial charge < -0.3 is 0 Å². The van der Waals surface area contributed by atoms with Gasteiger partial charge in [0.2, 0.25) is 0 Å². The van der Waals surface area contributed by atoms with Crippen LogP contribution in [0.4, 0.5) is 0 Å². The van der Waals surface area contributed by atoms with Gasteiger partial charge >= 0.3 is 0 Å². The van der Waals surface area contributed by atoms with Crippen LogP contribution in [0.2, 0.25) is 0 Å². The lowest BCUT2D eigenvalue weighted by atomic mass is 9.69. The SMILES string of the molecule is Cc1ccc2c(c1)C1(c3ccccc3-c3ccccc31)c1cc(C(=O)c3ccc4c(c3)C3(c5ccccc5-c5ccccc53)c3cc(C)ccc3-4)ccc1-2. The molecule has 0 N–H and O–H groups in total. The van der Waals surface area contributed by atoms with Crippen LogP contribution in [0, 0.1) is 13.8 Å². The van der Waals surface area contributed by atoms with E-state index in [0.29, 0.717) is 11.1 Å². The third-order valence-electron chi connectivity index (χ3n) is 13.0. The highest BCUT2D eigenvalue weighted by Crippen LogP contribution is 2.64. The van der Waals surface area contributed by atoms with Crippen molar-refractivity contribution < 1.29 is 4.79 Å². The Morgan fingerprint density at radius 3 is 0.944 bits per heavy atom. The van der Waals surface area contributed by atoms with Crippen LogP contribution in [-0.2, 0) is 10.8 Å². The van der Waals surface area contributed by atoms with E-state index in [-0.39, 0.29) is 5.78 Å². The molecule has 12 rings (SSSR count). The molecular weight excluding hydrogens is 653 g/mol. The Morgan fingerprint density at radius 1 is 0.315 bits per heavy atom. The van der Waals surface area contributed by atoms with E-state index in [0.717, 1.165) is 0 Å². The highest BCUT2D eigenvalue weighted by atomic mass is 16.1. The number of hydrogen-bond donors (Lipinski definition) is 0. The Bertz CT molecular complexity index is 2700. The summed E-state index contributed by atoms with van der Waals surface area (Å²) in [5.41, 5.74) is 22.9. The fraction of sp³-hybridized carbons (Fsp3) is 0.0755. The van der Waals surface area contributed by atoms with Gasteiger partial charge in [-0.25, -0.2) is 0 Å². The summed E-state index contributed by atoms with van der Waals surface area (Å²) in [6.07, 6.45) is 0. The quantitative estimate of drug-likeness (QED) is 0.165. The Kier molecular flexibility index (Phi) is 5.72. The zero-order valence-corrected chi connectivity index (χ0v) is 30.1. The van der Waals surface area contributed by atoms with Crippen molar-refractivity contribution in [2.75, 3.05) is 0 Å². The zero-order valence-electron chi connectivity index (χ0n) is 30.1. The number of carbonyl (C=O) groups excluding carboxylic acids is 1. The Hall–Kier alpha value is -6.57. The third kappa shape index (κ3) is 3.44. The molecule has 8 aromatic carbocycles. The van der Waals surface area contributed by atoms with Crippen molar-refractivity contribution >= 4 is 5.78 Å². The molecule has 252 valence electrons. The minimum absolute atomic E-state index is 0.0457. The normalized spacial score (nSPS) is 14.9. The largest absolute Gasteiger partial charge is 0.289 e. The van der Waals surface area contributed by atoms with Crippen LogP contribution in [0.1, 0.15) is 71.6 Å². The van der Waals surface area contributed by atoms with E-state index in [4.69, 9.17) is 0 Å². The molecule has 0 bridgehead atoms. The summed E-state index contributed by atoms with van der Waals surface area (Å²) in [5.74, 6) is 0.0457. The summed E-state index contributed by atoms with van der Waals surface area (Å²) in [6.45, 7) is 4.36. The second kappa shape index (κ2) is 10.3. The van der Waals surface area contributed by atoms with Gasteiger partial charge in [-0.2, -0.15) is 0 Å². The lowest BCUT2D eigenvalue weighted by Gasteiger charge is -2.31. The topological polar surface area (TPSA) is 17.1 Å². The predicted molar refractivity (Wildman–Crippen MR) is 218 cm³/mol. The smallest absolute Gasteiger partial charge is 0.193 e. The molecule has 4 aliphatic rings. The lowest BCUT2D eigenvalue weighted by Crippen LogP contribution is -2.26. The van der Waals surface area contributed by atoms with E-state index in [1.807, 2.05) is 0 Å². The lowest BCUT2D eigenvalue weighted by molar-refractivity contribution is 0.103. The van der Waals surface area contributed by atoms with Crippen LogP contribution in [0.15, 0.2) is 170 Å². The number of ketones is 1. The highest BCUT2D eigenvalue weighted by Gasteiger charge is 2.53. The number of aryl methyl sites for hydroxylation is 2. The summed E-state index contributed by atoms with van der Waals surface area (Å²) >= 11 is 0. The summed E-state index contributed by atoms with van der Waals surface area (Å²) in [5, 5.41) is 0. The van der Waals surface area contributed by atoms with Crippen molar-refractivity contribution in [2.24, 2.45) is 0 Å². The molecule has 0 aromatic heterocycles. The first-order chi connectivity index (χ1) is 26.5. The van der Waals surface area contributed by atoms with E-state index in [2.05, 4.69) is 184 Å². The Morgan fingerprint density at radius 2 is 0.593 bits per heavy atom. The van der Waals surface area contributed by atoms with Crippen LogP contribution >= 0.6 is 0 Å². The number of carbonyl (C=O) groups is 1. The van der Waals surface area contributed by atoms with Crippen LogP contribution in [0.5, 0.6) is 0 Å². The van der Waals surface area contributed by atoms with Crippen LogP contribution in [-0.4, -0.2) is 5.78 Å². The standard InChI is InChI=1S/C53H34O/c1-31-19-23-39-41-25-21-33(29-49(41)52(47(39)27-31)43-15-7-3-11-35(43)36-12-4-8-16-44(36)52)51(54)34-22-26-42-40-24-20-32(2)28-48(40)53(50(42)30-34)45-17-9-5-13-37(45)38-14-6-10-18-46(38)53/h3-30H,1-2H3. The van der Waals surface area contributed by atoms with Gasteiger partial charge in [-0.1, -0.05) is 169 Å². The van der Waals surface area contributed by atoms with Gasteiger partial charge in [0, 0.05) is 11.1 Å². The molecule has 0 fully saturated rings. The molecule has 54 heavy (non-hydrogen) atoms. The fourth-order valence-electron chi connectivity index (χ4n) is 11.0. The minimum Gasteiger partial charge on any atom is -0.289 e. The summed E-state index contributed by atoms with van der Waals surface area (Å²) < 4.78 is 0. The van der Waals surface area contributed by atoms with Crippen LogP contribution in [0.3, 0.4) is 0 Å². The van der Waals surface area contributed by atoms with E-state index in [1.165, 1.54) is 100 Å². The minimum atomic E-state index is -0.501. The predicted octanol–water partition coefficient (Wildman–Crippen LogP) is 12.2. The van der Waals surface area contributed by atoms with E-state index < -0.39 is 10.8 Å². The molecule has 0 aliphatic heterocycles.